The molecule has 0 spiro atoms. The van der Waals surface area contributed by atoms with Crippen LogP contribution in [0.5, 0.6) is 0 Å². The lowest BCUT2D eigenvalue weighted by molar-refractivity contribution is 0.197. The van der Waals surface area contributed by atoms with Crippen LogP contribution in [0.4, 0.5) is 0 Å². The number of benzene rings is 1. The third kappa shape index (κ3) is 8.09. The first kappa shape index (κ1) is 26.0. The number of hydrogen-bond donors (Lipinski definition) is 0. The number of likely N-dealkylation sites (tertiary alicyclic amines) is 1. The molecule has 0 radical (unpaired) electrons. The summed E-state index contributed by atoms with van der Waals surface area (Å²) in [6.07, 6.45) is 4.83. The maximum atomic E-state index is 2.54. The molecule has 2 nitrogen and oxygen atoms in total. The Bertz CT molecular complexity index is 494. The lowest BCUT2D eigenvalue weighted by Crippen LogP contribution is -2.34. The van der Waals surface area contributed by atoms with Crippen molar-refractivity contribution in [2.75, 3.05) is 19.6 Å². The van der Waals surface area contributed by atoms with E-state index in [0.717, 1.165) is 0 Å². The molecule has 0 bridgehead atoms. The van der Waals surface area contributed by atoms with E-state index in [1.54, 1.807) is 0 Å². The zero-order valence-corrected chi connectivity index (χ0v) is 18.5. The van der Waals surface area contributed by atoms with Gasteiger partial charge in [0.1, 0.15) is 0 Å². The molecule has 1 saturated heterocycles. The second kappa shape index (κ2) is 17.5. The van der Waals surface area contributed by atoms with Gasteiger partial charge in [0.15, 0.2) is 0 Å². The van der Waals surface area contributed by atoms with Crippen LogP contribution in [0.3, 0.4) is 0 Å². The fourth-order valence-corrected chi connectivity index (χ4v) is 2.94. The summed E-state index contributed by atoms with van der Waals surface area (Å²) in [6.45, 7) is 21.9. The molecule has 0 amide bonds. The number of para-hydroxylation sites is 1. The van der Waals surface area contributed by atoms with Gasteiger partial charge in [-0.1, -0.05) is 80.5 Å². The van der Waals surface area contributed by atoms with Crippen LogP contribution in [0.2, 0.25) is 0 Å². The Hall–Kier alpha value is -1.28. The van der Waals surface area contributed by atoms with Crippen LogP contribution in [0.25, 0.3) is 10.9 Å². The van der Waals surface area contributed by atoms with Crippen molar-refractivity contribution in [3.63, 3.8) is 0 Å². The van der Waals surface area contributed by atoms with Crippen molar-refractivity contribution in [2.24, 2.45) is 0 Å². The van der Waals surface area contributed by atoms with Crippen molar-refractivity contribution in [3.05, 3.63) is 36.5 Å². The number of fused-ring (bicyclic) bond motifs is 1. The molecular formula is C23H44N2. The third-order valence-corrected chi connectivity index (χ3v) is 4.03. The fourth-order valence-electron chi connectivity index (χ4n) is 2.94. The van der Waals surface area contributed by atoms with Crippen LogP contribution in [0.15, 0.2) is 36.5 Å². The lowest BCUT2D eigenvalue weighted by Gasteiger charge is -2.32. The van der Waals surface area contributed by atoms with Crippen molar-refractivity contribution >= 4 is 10.9 Å². The number of hydrogen-bond acceptors (Lipinski definition) is 1. The van der Waals surface area contributed by atoms with E-state index in [9.17, 15) is 0 Å². The van der Waals surface area contributed by atoms with Gasteiger partial charge in [-0.15, -0.1) is 0 Å². The van der Waals surface area contributed by atoms with E-state index in [-0.39, 0.29) is 0 Å². The molecule has 2 heterocycles. The van der Waals surface area contributed by atoms with Gasteiger partial charge in [0, 0.05) is 30.8 Å². The molecule has 0 aliphatic carbocycles. The van der Waals surface area contributed by atoms with Gasteiger partial charge in [-0.3, -0.25) is 0 Å². The second-order valence-electron chi connectivity index (χ2n) is 4.95. The number of nitrogens with zero attached hydrogens (tertiary/aromatic N) is 2. The highest BCUT2D eigenvalue weighted by Crippen LogP contribution is 2.27. The molecule has 0 unspecified atom stereocenters. The fraction of sp³-hybridized carbons (Fsp3) is 0.652. The summed E-state index contributed by atoms with van der Waals surface area (Å²) in [5.74, 6) is 0. The minimum atomic E-state index is 0.692. The van der Waals surface area contributed by atoms with Gasteiger partial charge in [-0.25, -0.2) is 0 Å². The highest BCUT2D eigenvalue weighted by atomic mass is 15.1. The van der Waals surface area contributed by atoms with Gasteiger partial charge in [0.2, 0.25) is 0 Å². The minimum Gasteiger partial charge on any atom is -0.344 e. The largest absolute Gasteiger partial charge is 0.344 e. The highest BCUT2D eigenvalue weighted by Gasteiger charge is 2.19. The van der Waals surface area contributed by atoms with Gasteiger partial charge in [0.05, 0.1) is 0 Å². The zero-order valence-electron chi connectivity index (χ0n) is 18.5. The van der Waals surface area contributed by atoms with Crippen LogP contribution >= 0.6 is 0 Å². The molecular weight excluding hydrogens is 304 g/mol. The van der Waals surface area contributed by atoms with Crippen LogP contribution in [-0.4, -0.2) is 29.1 Å². The first-order valence-corrected chi connectivity index (χ1v) is 10.7. The predicted molar refractivity (Wildman–Crippen MR) is 118 cm³/mol. The summed E-state index contributed by atoms with van der Waals surface area (Å²) < 4.78 is 2.47. The Morgan fingerprint density at radius 3 is 1.84 bits per heavy atom. The highest BCUT2D eigenvalue weighted by molar-refractivity contribution is 5.80. The van der Waals surface area contributed by atoms with E-state index in [1.165, 1.54) is 43.4 Å². The van der Waals surface area contributed by atoms with Crippen molar-refractivity contribution in [1.82, 2.24) is 9.47 Å². The average molecular weight is 349 g/mol. The Labute approximate surface area is 158 Å². The van der Waals surface area contributed by atoms with Gasteiger partial charge in [0.25, 0.3) is 0 Å². The van der Waals surface area contributed by atoms with Gasteiger partial charge in [-0.05, 0) is 36.9 Å². The zero-order chi connectivity index (χ0) is 19.7. The molecule has 146 valence electrons. The molecule has 1 aliphatic rings. The van der Waals surface area contributed by atoms with Gasteiger partial charge in [-0.2, -0.15) is 0 Å². The van der Waals surface area contributed by atoms with Crippen molar-refractivity contribution in [3.8, 4) is 0 Å². The normalized spacial score (nSPS) is 13.8. The standard InChI is InChI=1S/C15H20N2.4C2H6/c1-2-16-10-8-14(9-11-16)17-12-7-13-5-3-4-6-15(13)17;4*1-2/h3-7,12,14H,2,8-11H2,1H3;4*1-2H3. The Kier molecular flexibility index (Phi) is 18.2. The van der Waals surface area contributed by atoms with Crippen LogP contribution in [0, 0.1) is 0 Å². The smallest absolute Gasteiger partial charge is 0.0482 e. The summed E-state index contributed by atoms with van der Waals surface area (Å²) in [4.78, 5) is 2.54. The van der Waals surface area contributed by atoms with E-state index >= 15 is 0 Å². The average Bonchev–Trinajstić information content (AvgIpc) is 3.18. The molecule has 0 N–H and O–H groups in total. The molecule has 1 aromatic heterocycles. The molecule has 1 fully saturated rings. The summed E-state index contributed by atoms with van der Waals surface area (Å²) in [5, 5.41) is 1.37. The lowest BCUT2D eigenvalue weighted by atomic mass is 10.0. The molecule has 1 aliphatic heterocycles. The maximum Gasteiger partial charge on any atom is 0.0482 e. The van der Waals surface area contributed by atoms with E-state index in [0.29, 0.717) is 6.04 Å². The number of piperidine rings is 1. The van der Waals surface area contributed by atoms with E-state index in [4.69, 9.17) is 0 Å². The first-order valence-electron chi connectivity index (χ1n) is 10.7. The molecule has 1 aromatic carbocycles. The van der Waals surface area contributed by atoms with E-state index < -0.39 is 0 Å². The SMILES string of the molecule is CC.CC.CC.CC.CCN1CCC(n2ccc3ccccc32)CC1. The summed E-state index contributed by atoms with van der Waals surface area (Å²) >= 11 is 0. The van der Waals surface area contributed by atoms with Crippen LogP contribution < -0.4 is 0 Å². The Morgan fingerprint density at radius 2 is 1.32 bits per heavy atom. The van der Waals surface area contributed by atoms with Crippen molar-refractivity contribution in [2.45, 2.75) is 81.2 Å². The second-order valence-corrected chi connectivity index (χ2v) is 4.95. The maximum absolute atomic E-state index is 2.54. The molecule has 0 saturated carbocycles. The molecule has 2 aromatic rings. The topological polar surface area (TPSA) is 8.17 Å². The molecule has 0 atom stereocenters. The quantitative estimate of drug-likeness (QED) is 0.548. The van der Waals surface area contributed by atoms with Gasteiger partial charge >= 0.3 is 0 Å². The Morgan fingerprint density at radius 1 is 0.800 bits per heavy atom. The summed E-state index contributed by atoms with van der Waals surface area (Å²) in [6, 6.07) is 11.6. The minimum absolute atomic E-state index is 0.692. The summed E-state index contributed by atoms with van der Waals surface area (Å²) in [7, 11) is 0. The number of aromatic nitrogens is 1. The van der Waals surface area contributed by atoms with E-state index in [2.05, 4.69) is 52.9 Å². The molecule has 2 heteroatoms. The third-order valence-electron chi connectivity index (χ3n) is 4.03. The van der Waals surface area contributed by atoms with Crippen LogP contribution in [0.1, 0.15) is 81.2 Å². The monoisotopic (exact) mass is 348 g/mol. The molecule has 3 rings (SSSR count). The van der Waals surface area contributed by atoms with Crippen molar-refractivity contribution in [1.29, 1.82) is 0 Å². The first-order chi connectivity index (χ1) is 12.4. The number of rotatable bonds is 2. The van der Waals surface area contributed by atoms with Crippen molar-refractivity contribution < 1.29 is 0 Å². The van der Waals surface area contributed by atoms with Gasteiger partial charge < -0.3 is 9.47 Å². The predicted octanol–water partition coefficient (Wildman–Crippen LogP) is 7.40. The van der Waals surface area contributed by atoms with E-state index in [1.807, 2.05) is 55.4 Å². The Balaban J connectivity index is 0. The summed E-state index contributed by atoms with van der Waals surface area (Å²) in [5.41, 5.74) is 1.39. The van der Waals surface area contributed by atoms with Crippen LogP contribution in [-0.2, 0) is 0 Å². The molecule has 25 heavy (non-hydrogen) atoms.